The van der Waals surface area contributed by atoms with E-state index in [2.05, 4.69) is 6.58 Å². The summed E-state index contributed by atoms with van der Waals surface area (Å²) >= 11 is 0. The average molecular weight is 304 g/mol. The molecule has 1 heterocycles. The van der Waals surface area contributed by atoms with Crippen molar-refractivity contribution in [3.05, 3.63) is 35.9 Å². The topological polar surface area (TPSA) is 104 Å². The number of carboxylic acids is 1. The van der Waals surface area contributed by atoms with Gasteiger partial charge in [0.2, 0.25) is 5.78 Å². The van der Waals surface area contributed by atoms with Gasteiger partial charge in [-0.15, -0.1) is 0 Å². The van der Waals surface area contributed by atoms with Gasteiger partial charge >= 0.3 is 5.97 Å². The number of ketones is 1. The number of fused-ring (bicyclic) bond motifs is 1. The summed E-state index contributed by atoms with van der Waals surface area (Å²) in [5.41, 5.74) is -1.03. The quantitative estimate of drug-likeness (QED) is 0.729. The molecule has 0 radical (unpaired) electrons. The largest absolute Gasteiger partial charge is 0.508 e. The summed E-state index contributed by atoms with van der Waals surface area (Å²) in [5, 5.41) is 28.4. The van der Waals surface area contributed by atoms with E-state index in [1.165, 1.54) is 18.2 Å². The van der Waals surface area contributed by atoms with Crippen LogP contribution in [0.1, 0.15) is 23.2 Å². The van der Waals surface area contributed by atoms with Crippen LogP contribution in [0.5, 0.6) is 11.5 Å². The van der Waals surface area contributed by atoms with Crippen molar-refractivity contribution in [1.82, 2.24) is 0 Å². The molecule has 116 valence electrons. The molecule has 1 unspecified atom stereocenters. The lowest BCUT2D eigenvalue weighted by atomic mass is 9.76. The van der Waals surface area contributed by atoms with Crippen LogP contribution in [0.25, 0.3) is 0 Å². The van der Waals surface area contributed by atoms with Crippen LogP contribution in [-0.4, -0.2) is 39.3 Å². The number of Topliss-reactive ketones (excluding diaryl/α,β-unsaturated/α-hetero) is 1. The second-order valence-electron chi connectivity index (χ2n) is 5.74. The third kappa shape index (κ3) is 1.77. The maximum absolute atomic E-state index is 12.9. The van der Waals surface area contributed by atoms with Gasteiger partial charge in [0, 0.05) is 5.92 Å². The summed E-state index contributed by atoms with van der Waals surface area (Å²) < 4.78 is 5.82. The summed E-state index contributed by atoms with van der Waals surface area (Å²) in [5.74, 6) is -2.99. The predicted octanol–water partition coefficient (Wildman–Crippen LogP) is 1.37. The maximum atomic E-state index is 12.9. The Morgan fingerprint density at radius 3 is 2.68 bits per heavy atom. The number of phenolic OH excluding ortho intramolecular Hbond substituents is 1. The molecular formula is C16H16O6. The van der Waals surface area contributed by atoms with Crippen molar-refractivity contribution in [1.29, 1.82) is 0 Å². The van der Waals surface area contributed by atoms with Crippen molar-refractivity contribution >= 4 is 11.8 Å². The van der Waals surface area contributed by atoms with E-state index in [-0.39, 0.29) is 30.1 Å². The van der Waals surface area contributed by atoms with Gasteiger partial charge in [-0.2, -0.15) is 0 Å². The Labute approximate surface area is 126 Å². The summed E-state index contributed by atoms with van der Waals surface area (Å²) in [6.45, 7) is 3.42. The van der Waals surface area contributed by atoms with Gasteiger partial charge in [0.1, 0.15) is 17.4 Å². The molecule has 1 spiro atoms. The van der Waals surface area contributed by atoms with Crippen molar-refractivity contribution in [2.24, 2.45) is 11.8 Å². The SMILES string of the molecule is C=C(CO)[C@@H]1CC[C@@H](C(=O)O)C12Oc1ccc(O)cc1C2=O. The minimum absolute atomic E-state index is 0.0878. The standard InChI is InChI=1S/C16H16O6/c1-8(7-17)11-3-4-12(15(20)21)16(11)14(19)10-6-9(18)2-5-13(10)22-16/h2,5-6,11-12,17-18H,1,3-4,7H2,(H,20,21)/t11-,12-,16?/m0/s1. The van der Waals surface area contributed by atoms with Crippen LogP contribution in [0.4, 0.5) is 0 Å². The Morgan fingerprint density at radius 2 is 2.05 bits per heavy atom. The molecule has 0 amide bonds. The number of aromatic hydroxyl groups is 1. The van der Waals surface area contributed by atoms with Gasteiger partial charge in [0.15, 0.2) is 5.60 Å². The molecule has 1 fully saturated rings. The summed E-state index contributed by atoms with van der Waals surface area (Å²) in [7, 11) is 0. The monoisotopic (exact) mass is 304 g/mol. The van der Waals surface area contributed by atoms with Crippen LogP contribution in [0.2, 0.25) is 0 Å². The first-order valence-corrected chi connectivity index (χ1v) is 7.00. The van der Waals surface area contributed by atoms with E-state index < -0.39 is 29.2 Å². The molecule has 3 atom stereocenters. The molecule has 1 aliphatic heterocycles. The lowest BCUT2D eigenvalue weighted by Crippen LogP contribution is -2.52. The first kappa shape index (κ1) is 14.6. The Balaban J connectivity index is 2.14. The van der Waals surface area contributed by atoms with E-state index in [1.807, 2.05) is 0 Å². The van der Waals surface area contributed by atoms with Crippen molar-refractivity contribution < 1.29 is 29.6 Å². The second kappa shape index (κ2) is 4.84. The summed E-state index contributed by atoms with van der Waals surface area (Å²) in [6, 6.07) is 4.11. The van der Waals surface area contributed by atoms with Crippen LogP contribution in [0.3, 0.4) is 0 Å². The van der Waals surface area contributed by atoms with Gasteiger partial charge < -0.3 is 20.1 Å². The number of benzene rings is 1. The van der Waals surface area contributed by atoms with Gasteiger partial charge in [-0.1, -0.05) is 6.58 Å². The number of aliphatic hydroxyl groups is 1. The highest BCUT2D eigenvalue weighted by atomic mass is 16.5. The third-order valence-corrected chi connectivity index (χ3v) is 4.61. The molecule has 2 aliphatic rings. The number of carbonyl (C=O) groups is 2. The minimum Gasteiger partial charge on any atom is -0.508 e. The molecule has 6 nitrogen and oxygen atoms in total. The van der Waals surface area contributed by atoms with Crippen molar-refractivity contribution in [2.45, 2.75) is 18.4 Å². The number of carboxylic acid groups (broad SMARTS) is 1. The van der Waals surface area contributed by atoms with Gasteiger partial charge in [0.25, 0.3) is 0 Å². The molecule has 3 N–H and O–H groups in total. The number of hydrogen-bond donors (Lipinski definition) is 3. The molecular weight excluding hydrogens is 288 g/mol. The van der Waals surface area contributed by atoms with Crippen LogP contribution >= 0.6 is 0 Å². The number of rotatable bonds is 3. The van der Waals surface area contributed by atoms with Gasteiger partial charge in [-0.05, 0) is 36.6 Å². The molecule has 0 saturated heterocycles. The third-order valence-electron chi connectivity index (χ3n) is 4.61. The fourth-order valence-electron chi connectivity index (χ4n) is 3.61. The first-order chi connectivity index (χ1) is 10.4. The Hall–Kier alpha value is -2.34. The van der Waals surface area contributed by atoms with Crippen LogP contribution in [0, 0.1) is 11.8 Å². The maximum Gasteiger partial charge on any atom is 0.311 e. The summed E-state index contributed by atoms with van der Waals surface area (Å²) in [6.07, 6.45) is 0.673. The van der Waals surface area contributed by atoms with E-state index in [0.29, 0.717) is 12.0 Å². The first-order valence-electron chi connectivity index (χ1n) is 7.00. The zero-order valence-corrected chi connectivity index (χ0v) is 11.8. The molecule has 1 aromatic rings. The van der Waals surface area contributed by atoms with Crippen LogP contribution < -0.4 is 4.74 Å². The molecule has 1 saturated carbocycles. The van der Waals surface area contributed by atoms with E-state index in [9.17, 15) is 24.9 Å². The normalized spacial score (nSPS) is 29.4. The molecule has 0 bridgehead atoms. The van der Waals surface area contributed by atoms with Crippen molar-refractivity contribution in [3.63, 3.8) is 0 Å². The molecule has 6 heteroatoms. The molecule has 3 rings (SSSR count). The second-order valence-corrected chi connectivity index (χ2v) is 5.74. The highest BCUT2D eigenvalue weighted by Gasteiger charge is 2.64. The fraction of sp³-hybridized carbons (Fsp3) is 0.375. The zero-order valence-electron chi connectivity index (χ0n) is 11.8. The number of ether oxygens (including phenoxy) is 1. The highest BCUT2D eigenvalue weighted by molar-refractivity contribution is 6.10. The lowest BCUT2D eigenvalue weighted by molar-refractivity contribution is -0.146. The Bertz CT molecular complexity index is 679. The molecule has 0 aromatic heterocycles. The highest BCUT2D eigenvalue weighted by Crippen LogP contribution is 2.53. The molecule has 1 aliphatic carbocycles. The van der Waals surface area contributed by atoms with E-state index in [1.54, 1.807) is 0 Å². The van der Waals surface area contributed by atoms with Crippen LogP contribution in [-0.2, 0) is 4.79 Å². The predicted molar refractivity (Wildman–Crippen MR) is 75.9 cm³/mol. The molecule has 1 aromatic carbocycles. The van der Waals surface area contributed by atoms with Gasteiger partial charge in [0.05, 0.1) is 12.2 Å². The minimum atomic E-state index is -1.58. The number of phenols is 1. The summed E-state index contributed by atoms with van der Waals surface area (Å²) in [4.78, 5) is 24.5. The van der Waals surface area contributed by atoms with E-state index >= 15 is 0 Å². The van der Waals surface area contributed by atoms with Crippen molar-refractivity contribution in [2.75, 3.05) is 6.61 Å². The van der Waals surface area contributed by atoms with E-state index in [4.69, 9.17) is 4.74 Å². The number of carbonyl (C=O) groups excluding carboxylic acids is 1. The molecule has 22 heavy (non-hydrogen) atoms. The zero-order chi connectivity index (χ0) is 16.1. The number of aliphatic carboxylic acids is 1. The van der Waals surface area contributed by atoms with Crippen LogP contribution in [0.15, 0.2) is 30.4 Å². The van der Waals surface area contributed by atoms with Gasteiger partial charge in [-0.25, -0.2) is 0 Å². The number of hydrogen-bond acceptors (Lipinski definition) is 5. The fourth-order valence-corrected chi connectivity index (χ4v) is 3.61. The Morgan fingerprint density at radius 1 is 1.36 bits per heavy atom. The average Bonchev–Trinajstić information content (AvgIpc) is 2.99. The van der Waals surface area contributed by atoms with Gasteiger partial charge in [-0.3, -0.25) is 9.59 Å². The van der Waals surface area contributed by atoms with E-state index in [0.717, 1.165) is 0 Å². The van der Waals surface area contributed by atoms with Crippen molar-refractivity contribution in [3.8, 4) is 11.5 Å². The Kier molecular flexibility index (Phi) is 3.21. The number of aliphatic hydroxyl groups excluding tert-OH is 1. The lowest BCUT2D eigenvalue weighted by Gasteiger charge is -2.33. The smallest absolute Gasteiger partial charge is 0.311 e.